The number of aromatic nitrogens is 1. The summed E-state index contributed by atoms with van der Waals surface area (Å²) in [5, 5.41) is -0.0509. The van der Waals surface area contributed by atoms with Gasteiger partial charge in [0.1, 0.15) is 5.69 Å². The van der Waals surface area contributed by atoms with Gasteiger partial charge in [-0.15, -0.1) is 0 Å². The van der Waals surface area contributed by atoms with Crippen LogP contribution in [0.2, 0.25) is 5.02 Å². The fourth-order valence-corrected chi connectivity index (χ4v) is 1.00. The van der Waals surface area contributed by atoms with Gasteiger partial charge in [0.2, 0.25) is 0 Å². The van der Waals surface area contributed by atoms with Gasteiger partial charge in [-0.25, -0.2) is 8.78 Å². The van der Waals surface area contributed by atoms with Gasteiger partial charge in [0.15, 0.2) is 0 Å². The number of nitrogen functional groups attached to an aromatic ring is 1. The van der Waals surface area contributed by atoms with Crippen molar-refractivity contribution in [3.8, 4) is 0 Å². The molecule has 0 bridgehead atoms. The Kier molecular flexibility index (Phi) is 2.47. The van der Waals surface area contributed by atoms with Gasteiger partial charge in [-0.2, -0.15) is 0 Å². The molecule has 0 saturated carbocycles. The molecule has 0 aliphatic rings. The van der Waals surface area contributed by atoms with Gasteiger partial charge in [-0.3, -0.25) is 4.98 Å². The van der Waals surface area contributed by atoms with E-state index in [4.69, 9.17) is 17.3 Å². The van der Waals surface area contributed by atoms with E-state index in [0.717, 1.165) is 0 Å². The number of rotatable bonds is 1. The van der Waals surface area contributed by atoms with Gasteiger partial charge >= 0.3 is 0 Å². The van der Waals surface area contributed by atoms with Gasteiger partial charge < -0.3 is 5.73 Å². The van der Waals surface area contributed by atoms with Crippen molar-refractivity contribution in [2.24, 2.45) is 0 Å². The topological polar surface area (TPSA) is 38.9 Å². The third-order valence-corrected chi connectivity index (χ3v) is 2.01. The van der Waals surface area contributed by atoms with E-state index in [2.05, 4.69) is 4.98 Å². The van der Waals surface area contributed by atoms with E-state index >= 15 is 0 Å². The molecule has 0 amide bonds. The predicted octanol–water partition coefficient (Wildman–Crippen LogP) is 2.56. The van der Waals surface area contributed by atoms with Crippen LogP contribution in [-0.4, -0.2) is 4.98 Å². The zero-order chi connectivity index (χ0) is 9.30. The van der Waals surface area contributed by atoms with Crippen LogP contribution in [0, 0.1) is 6.92 Å². The van der Waals surface area contributed by atoms with Crippen molar-refractivity contribution in [1.29, 1.82) is 0 Å². The molecule has 0 radical (unpaired) electrons. The first-order valence-corrected chi connectivity index (χ1v) is 3.60. The average molecular weight is 193 g/mol. The Bertz CT molecular complexity index is 302. The molecule has 0 spiro atoms. The lowest BCUT2D eigenvalue weighted by Crippen LogP contribution is -1.98. The minimum Gasteiger partial charge on any atom is -0.397 e. The first-order chi connectivity index (χ1) is 5.54. The highest BCUT2D eigenvalue weighted by Gasteiger charge is 2.16. The highest BCUT2D eigenvalue weighted by Crippen LogP contribution is 2.29. The van der Waals surface area contributed by atoms with Gasteiger partial charge in [0, 0.05) is 0 Å². The SMILES string of the molecule is Cc1c(N)cnc(C(F)F)c1Cl. The molecule has 66 valence electrons. The first-order valence-electron chi connectivity index (χ1n) is 3.22. The molecule has 0 saturated heterocycles. The van der Waals surface area contributed by atoms with E-state index in [1.54, 1.807) is 6.92 Å². The van der Waals surface area contributed by atoms with Crippen LogP contribution in [0.25, 0.3) is 0 Å². The molecule has 2 nitrogen and oxygen atoms in total. The minimum absolute atomic E-state index is 0.0509. The zero-order valence-electron chi connectivity index (χ0n) is 6.31. The zero-order valence-corrected chi connectivity index (χ0v) is 7.07. The van der Waals surface area contributed by atoms with Crippen molar-refractivity contribution in [2.45, 2.75) is 13.3 Å². The summed E-state index contributed by atoms with van der Waals surface area (Å²) in [6, 6.07) is 0. The maximum atomic E-state index is 12.2. The second kappa shape index (κ2) is 3.23. The minimum atomic E-state index is -2.66. The quantitative estimate of drug-likeness (QED) is 0.743. The average Bonchev–Trinajstić information content (AvgIpc) is 2.00. The normalized spacial score (nSPS) is 10.8. The van der Waals surface area contributed by atoms with Crippen LogP contribution in [0.15, 0.2) is 6.20 Å². The third kappa shape index (κ3) is 1.48. The lowest BCUT2D eigenvalue weighted by atomic mass is 10.2. The van der Waals surface area contributed by atoms with Crippen LogP contribution in [0.3, 0.4) is 0 Å². The Labute approximate surface area is 73.4 Å². The van der Waals surface area contributed by atoms with Gasteiger partial charge in [0.25, 0.3) is 6.43 Å². The molecule has 2 N–H and O–H groups in total. The lowest BCUT2D eigenvalue weighted by molar-refractivity contribution is 0.146. The Morgan fingerprint density at radius 1 is 1.58 bits per heavy atom. The van der Waals surface area contributed by atoms with Crippen molar-refractivity contribution >= 4 is 17.3 Å². The summed E-state index contributed by atoms with van der Waals surface area (Å²) in [5.74, 6) is 0. The highest BCUT2D eigenvalue weighted by molar-refractivity contribution is 6.32. The van der Waals surface area contributed by atoms with E-state index in [9.17, 15) is 8.78 Å². The number of nitrogens with two attached hydrogens (primary N) is 1. The van der Waals surface area contributed by atoms with E-state index < -0.39 is 12.1 Å². The van der Waals surface area contributed by atoms with E-state index in [1.165, 1.54) is 6.20 Å². The number of hydrogen-bond acceptors (Lipinski definition) is 2. The fraction of sp³-hybridized carbons (Fsp3) is 0.286. The molecular weight excluding hydrogens is 186 g/mol. The molecule has 5 heteroatoms. The van der Waals surface area contributed by atoms with Crippen molar-refractivity contribution in [1.82, 2.24) is 4.98 Å². The Morgan fingerprint density at radius 2 is 2.17 bits per heavy atom. The molecule has 12 heavy (non-hydrogen) atoms. The van der Waals surface area contributed by atoms with Crippen LogP contribution in [0.1, 0.15) is 17.7 Å². The van der Waals surface area contributed by atoms with Crippen molar-refractivity contribution in [3.63, 3.8) is 0 Å². The van der Waals surface area contributed by atoms with Crippen LogP contribution in [-0.2, 0) is 0 Å². The smallest absolute Gasteiger partial charge is 0.281 e. The number of hydrogen-bond donors (Lipinski definition) is 1. The molecule has 1 rings (SSSR count). The summed E-state index contributed by atoms with van der Waals surface area (Å²) in [5.41, 5.74) is 5.75. The molecule has 0 aliphatic carbocycles. The van der Waals surface area contributed by atoms with Gasteiger partial charge in [0.05, 0.1) is 16.9 Å². The summed E-state index contributed by atoms with van der Waals surface area (Å²) < 4.78 is 24.3. The molecule has 1 heterocycles. The number of halogens is 3. The van der Waals surface area contributed by atoms with E-state index in [-0.39, 0.29) is 5.02 Å². The van der Waals surface area contributed by atoms with Crippen molar-refractivity contribution in [3.05, 3.63) is 22.5 Å². The third-order valence-electron chi connectivity index (χ3n) is 1.54. The van der Waals surface area contributed by atoms with E-state index in [0.29, 0.717) is 11.3 Å². The summed E-state index contributed by atoms with van der Waals surface area (Å²) in [4.78, 5) is 3.43. The van der Waals surface area contributed by atoms with Crippen LogP contribution < -0.4 is 5.73 Å². The molecular formula is C7H7ClF2N2. The molecule has 0 unspecified atom stereocenters. The number of pyridine rings is 1. The maximum absolute atomic E-state index is 12.2. The number of nitrogens with zero attached hydrogens (tertiary/aromatic N) is 1. The van der Waals surface area contributed by atoms with E-state index in [1.807, 2.05) is 0 Å². The van der Waals surface area contributed by atoms with Crippen LogP contribution in [0.5, 0.6) is 0 Å². The number of alkyl halides is 2. The van der Waals surface area contributed by atoms with Crippen molar-refractivity contribution < 1.29 is 8.78 Å². The first kappa shape index (κ1) is 9.19. The maximum Gasteiger partial charge on any atom is 0.281 e. The molecule has 1 aromatic rings. The Balaban J connectivity index is 3.27. The van der Waals surface area contributed by atoms with Gasteiger partial charge in [-0.1, -0.05) is 11.6 Å². The summed E-state index contributed by atoms with van der Waals surface area (Å²) in [6.45, 7) is 1.57. The summed E-state index contributed by atoms with van der Waals surface area (Å²) in [7, 11) is 0. The second-order valence-electron chi connectivity index (χ2n) is 2.34. The van der Waals surface area contributed by atoms with Crippen LogP contribution in [0.4, 0.5) is 14.5 Å². The highest BCUT2D eigenvalue weighted by atomic mass is 35.5. The Morgan fingerprint density at radius 3 is 2.67 bits per heavy atom. The lowest BCUT2D eigenvalue weighted by Gasteiger charge is -2.06. The molecule has 0 aliphatic heterocycles. The largest absolute Gasteiger partial charge is 0.397 e. The second-order valence-corrected chi connectivity index (χ2v) is 2.72. The fourth-order valence-electron chi connectivity index (χ4n) is 0.764. The predicted molar refractivity (Wildman–Crippen MR) is 43.4 cm³/mol. The molecule has 0 fully saturated rings. The number of anilines is 1. The molecule has 0 atom stereocenters. The summed E-state index contributed by atoms with van der Waals surface area (Å²) >= 11 is 5.57. The molecule has 0 aromatic carbocycles. The van der Waals surface area contributed by atoms with Gasteiger partial charge in [-0.05, 0) is 12.5 Å². The Hall–Kier alpha value is -0.900. The van der Waals surface area contributed by atoms with Crippen molar-refractivity contribution in [2.75, 3.05) is 5.73 Å². The monoisotopic (exact) mass is 192 g/mol. The van der Waals surface area contributed by atoms with Crippen LogP contribution >= 0.6 is 11.6 Å². The summed E-state index contributed by atoms with van der Waals surface area (Å²) in [6.07, 6.45) is -1.47. The molecule has 1 aromatic heterocycles. The standard InChI is InChI=1S/C7H7ClF2N2/c1-3-4(11)2-12-6(5(3)8)7(9)10/h2,7H,11H2,1H3.